The Labute approximate surface area is 182 Å². The lowest BCUT2D eigenvalue weighted by molar-refractivity contribution is -0.0512. The van der Waals surface area contributed by atoms with Gasteiger partial charge in [0, 0.05) is 38.6 Å². The van der Waals surface area contributed by atoms with Gasteiger partial charge in [0.2, 0.25) is 0 Å². The van der Waals surface area contributed by atoms with E-state index in [-0.39, 0.29) is 11.5 Å². The number of guanidine groups is 1. The van der Waals surface area contributed by atoms with Gasteiger partial charge < -0.3 is 24.3 Å². The topological polar surface area (TPSA) is 63.9 Å². The van der Waals surface area contributed by atoms with E-state index in [0.717, 1.165) is 37.6 Å². The van der Waals surface area contributed by atoms with Gasteiger partial charge in [0.15, 0.2) is 17.5 Å². The number of imidazole rings is 1. The van der Waals surface area contributed by atoms with E-state index in [1.54, 1.807) is 12.1 Å². The number of aliphatic imine (C=N–C) groups is 1. The highest BCUT2D eigenvalue weighted by molar-refractivity contribution is 5.80. The van der Waals surface area contributed by atoms with Gasteiger partial charge in [0.1, 0.15) is 0 Å². The second-order valence-electron chi connectivity index (χ2n) is 7.64. The highest BCUT2D eigenvalue weighted by Crippen LogP contribution is 2.30. The first-order valence-corrected chi connectivity index (χ1v) is 10.6. The normalized spacial score (nSPS) is 19.5. The van der Waals surface area contributed by atoms with Gasteiger partial charge in [-0.1, -0.05) is 13.0 Å². The molecule has 0 saturated carbocycles. The van der Waals surface area contributed by atoms with Crippen molar-refractivity contribution in [2.75, 3.05) is 33.3 Å². The largest absolute Gasteiger partial charge is 0.493 e. The number of rotatable bonds is 8. The Morgan fingerprint density at radius 2 is 2.19 bits per heavy atom. The summed E-state index contributed by atoms with van der Waals surface area (Å²) in [6.45, 7) is 4.53. The van der Waals surface area contributed by atoms with Gasteiger partial charge in [-0.15, -0.1) is 0 Å². The molecule has 170 valence electrons. The van der Waals surface area contributed by atoms with Crippen LogP contribution < -0.4 is 14.8 Å². The molecule has 2 unspecified atom stereocenters. The fourth-order valence-electron chi connectivity index (χ4n) is 3.88. The number of hydrogen-bond donors (Lipinski definition) is 1. The first kappa shape index (κ1) is 22.8. The molecule has 1 saturated heterocycles. The summed E-state index contributed by atoms with van der Waals surface area (Å²) in [5.41, 5.74) is 0.861. The maximum Gasteiger partial charge on any atom is 0.387 e. The second-order valence-corrected chi connectivity index (χ2v) is 7.64. The number of ether oxygens (including phenoxy) is 2. The first-order chi connectivity index (χ1) is 15.0. The molecule has 0 bridgehead atoms. The SMILES string of the molecule is CCNC(=NCCc1ccc(OC)c(OC(F)F)c1)N1CCC(C)C(n2ccnc2)C1. The fourth-order valence-corrected chi connectivity index (χ4v) is 3.88. The molecule has 31 heavy (non-hydrogen) atoms. The summed E-state index contributed by atoms with van der Waals surface area (Å²) in [6, 6.07) is 5.42. The molecule has 0 spiro atoms. The van der Waals surface area contributed by atoms with Crippen molar-refractivity contribution < 1.29 is 18.3 Å². The number of halogens is 2. The second kappa shape index (κ2) is 11.0. The lowest BCUT2D eigenvalue weighted by atomic mass is 9.93. The Kier molecular flexibility index (Phi) is 8.08. The summed E-state index contributed by atoms with van der Waals surface area (Å²) in [5.74, 6) is 1.76. The molecule has 2 atom stereocenters. The summed E-state index contributed by atoms with van der Waals surface area (Å²) in [4.78, 5) is 11.3. The third kappa shape index (κ3) is 6.08. The number of piperidine rings is 1. The first-order valence-electron chi connectivity index (χ1n) is 10.6. The van der Waals surface area contributed by atoms with E-state index in [1.165, 1.54) is 7.11 Å². The molecule has 2 aromatic rings. The van der Waals surface area contributed by atoms with Gasteiger partial charge in [-0.25, -0.2) is 4.98 Å². The summed E-state index contributed by atoms with van der Waals surface area (Å²) in [7, 11) is 1.43. The molecular weight excluding hydrogens is 404 g/mol. The van der Waals surface area contributed by atoms with Gasteiger partial charge in [-0.2, -0.15) is 8.78 Å². The lowest BCUT2D eigenvalue weighted by Gasteiger charge is -2.39. The Balaban J connectivity index is 1.67. The number of benzene rings is 1. The van der Waals surface area contributed by atoms with E-state index in [9.17, 15) is 8.78 Å². The molecule has 1 aliphatic rings. The average molecular weight is 436 g/mol. The smallest absolute Gasteiger partial charge is 0.387 e. The summed E-state index contributed by atoms with van der Waals surface area (Å²) >= 11 is 0. The van der Waals surface area contributed by atoms with Crippen molar-refractivity contribution in [3.05, 3.63) is 42.5 Å². The van der Waals surface area contributed by atoms with Crippen LogP contribution in [0.2, 0.25) is 0 Å². The van der Waals surface area contributed by atoms with Gasteiger partial charge in [-0.05, 0) is 43.4 Å². The van der Waals surface area contributed by atoms with Crippen molar-refractivity contribution in [2.24, 2.45) is 10.9 Å². The Bertz CT molecular complexity index is 844. The monoisotopic (exact) mass is 435 g/mol. The predicted octanol–water partition coefficient (Wildman–Crippen LogP) is 3.58. The van der Waals surface area contributed by atoms with E-state index in [4.69, 9.17) is 9.73 Å². The molecular formula is C22H31F2N5O2. The van der Waals surface area contributed by atoms with Crippen LogP contribution in [0.25, 0.3) is 0 Å². The van der Waals surface area contributed by atoms with Crippen LogP contribution in [0.5, 0.6) is 11.5 Å². The molecule has 1 aromatic heterocycles. The minimum Gasteiger partial charge on any atom is -0.493 e. The quantitative estimate of drug-likeness (QED) is 0.507. The van der Waals surface area contributed by atoms with E-state index in [2.05, 4.69) is 31.4 Å². The third-order valence-electron chi connectivity index (χ3n) is 5.57. The highest BCUT2D eigenvalue weighted by atomic mass is 19.3. The van der Waals surface area contributed by atoms with Gasteiger partial charge >= 0.3 is 6.61 Å². The average Bonchev–Trinajstić information content (AvgIpc) is 3.28. The Morgan fingerprint density at radius 1 is 1.35 bits per heavy atom. The maximum atomic E-state index is 12.7. The van der Waals surface area contributed by atoms with Crippen molar-refractivity contribution in [2.45, 2.75) is 39.3 Å². The van der Waals surface area contributed by atoms with E-state index in [0.29, 0.717) is 24.9 Å². The van der Waals surface area contributed by atoms with Crippen LogP contribution in [0.1, 0.15) is 31.9 Å². The Morgan fingerprint density at radius 3 is 2.87 bits per heavy atom. The van der Waals surface area contributed by atoms with Crippen molar-refractivity contribution in [3.8, 4) is 11.5 Å². The molecule has 0 aliphatic carbocycles. The molecule has 2 heterocycles. The summed E-state index contributed by atoms with van der Waals surface area (Å²) < 4.78 is 37.2. The van der Waals surface area contributed by atoms with Crippen LogP contribution in [-0.4, -0.2) is 60.3 Å². The summed E-state index contributed by atoms with van der Waals surface area (Å²) in [6.07, 6.45) is 7.37. The van der Waals surface area contributed by atoms with Crippen LogP contribution in [0, 0.1) is 5.92 Å². The van der Waals surface area contributed by atoms with Gasteiger partial charge in [-0.3, -0.25) is 4.99 Å². The zero-order valence-corrected chi connectivity index (χ0v) is 18.3. The predicted molar refractivity (Wildman–Crippen MR) is 116 cm³/mol. The maximum absolute atomic E-state index is 12.7. The minimum absolute atomic E-state index is 0.0408. The molecule has 0 radical (unpaired) electrons. The molecule has 1 aliphatic heterocycles. The Hall–Kier alpha value is -2.84. The third-order valence-corrected chi connectivity index (χ3v) is 5.57. The number of alkyl halides is 2. The standard InChI is InChI=1S/C22H31F2N5O2/c1-4-26-22(28-11-8-16(2)18(14-28)29-12-10-25-15-29)27-9-7-17-5-6-19(30-3)20(13-17)31-21(23)24/h5-6,10,12-13,15-16,18,21H,4,7-9,11,14H2,1-3H3,(H,26,27). The van der Waals surface area contributed by atoms with E-state index >= 15 is 0 Å². The molecule has 1 fully saturated rings. The molecule has 3 rings (SSSR count). The molecule has 1 N–H and O–H groups in total. The number of likely N-dealkylation sites (tertiary alicyclic amines) is 1. The summed E-state index contributed by atoms with van der Waals surface area (Å²) in [5, 5.41) is 3.38. The van der Waals surface area contributed by atoms with E-state index < -0.39 is 6.61 Å². The van der Waals surface area contributed by atoms with Crippen molar-refractivity contribution in [3.63, 3.8) is 0 Å². The van der Waals surface area contributed by atoms with Crippen molar-refractivity contribution in [1.82, 2.24) is 19.8 Å². The highest BCUT2D eigenvalue weighted by Gasteiger charge is 2.28. The van der Waals surface area contributed by atoms with Crippen molar-refractivity contribution >= 4 is 5.96 Å². The number of nitrogens with one attached hydrogen (secondary N) is 1. The minimum atomic E-state index is -2.90. The molecule has 9 heteroatoms. The van der Waals surface area contributed by atoms with Crippen LogP contribution >= 0.6 is 0 Å². The molecule has 1 aromatic carbocycles. The van der Waals surface area contributed by atoms with Crippen molar-refractivity contribution in [1.29, 1.82) is 0 Å². The van der Waals surface area contributed by atoms with Crippen LogP contribution in [0.4, 0.5) is 8.78 Å². The van der Waals surface area contributed by atoms with Crippen LogP contribution in [0.3, 0.4) is 0 Å². The van der Waals surface area contributed by atoms with E-state index in [1.807, 2.05) is 31.7 Å². The lowest BCUT2D eigenvalue weighted by Crippen LogP contribution is -2.49. The zero-order chi connectivity index (χ0) is 22.2. The van der Waals surface area contributed by atoms with Gasteiger partial charge in [0.25, 0.3) is 0 Å². The van der Waals surface area contributed by atoms with Gasteiger partial charge in [0.05, 0.1) is 19.5 Å². The molecule has 0 amide bonds. The molecule has 7 nitrogen and oxygen atoms in total. The fraction of sp³-hybridized carbons (Fsp3) is 0.545. The van der Waals surface area contributed by atoms with Crippen LogP contribution in [-0.2, 0) is 6.42 Å². The van der Waals surface area contributed by atoms with Crippen LogP contribution in [0.15, 0.2) is 41.9 Å². The number of methoxy groups -OCH3 is 1. The number of aromatic nitrogens is 2. The number of hydrogen-bond acceptors (Lipinski definition) is 4. The zero-order valence-electron chi connectivity index (χ0n) is 18.3. The number of nitrogens with zero attached hydrogens (tertiary/aromatic N) is 4.